The van der Waals surface area contributed by atoms with E-state index in [1.807, 2.05) is 13.1 Å². The SMILES string of the molecule is CN=C1C=CC=C/C1=C(\c1ccccc1)c1ccc(-c2cc(C)cc(C)c2)cc1. The van der Waals surface area contributed by atoms with Crippen LogP contribution in [0.2, 0.25) is 0 Å². The van der Waals surface area contributed by atoms with Crippen molar-refractivity contribution in [3.8, 4) is 11.1 Å². The van der Waals surface area contributed by atoms with E-state index in [0.29, 0.717) is 0 Å². The summed E-state index contributed by atoms with van der Waals surface area (Å²) in [5.41, 5.74) is 10.8. The van der Waals surface area contributed by atoms with Crippen LogP contribution in [0, 0.1) is 13.8 Å². The predicted octanol–water partition coefficient (Wildman–Crippen LogP) is 6.97. The number of hydrogen-bond donors (Lipinski definition) is 0. The molecule has 0 fully saturated rings. The molecule has 142 valence electrons. The molecular formula is C28H25N. The van der Waals surface area contributed by atoms with E-state index in [0.717, 1.165) is 11.3 Å². The molecule has 0 saturated carbocycles. The molecule has 1 aliphatic carbocycles. The van der Waals surface area contributed by atoms with Crippen molar-refractivity contribution >= 4 is 11.3 Å². The van der Waals surface area contributed by atoms with Gasteiger partial charge in [0.25, 0.3) is 0 Å². The molecule has 0 spiro atoms. The molecule has 4 rings (SSSR count). The molecule has 0 radical (unpaired) electrons. The van der Waals surface area contributed by atoms with E-state index < -0.39 is 0 Å². The lowest BCUT2D eigenvalue weighted by Gasteiger charge is -2.16. The lowest BCUT2D eigenvalue weighted by atomic mass is 9.88. The highest BCUT2D eigenvalue weighted by Crippen LogP contribution is 2.32. The Kier molecular flexibility index (Phi) is 5.39. The number of aliphatic imine (C=N–C) groups is 1. The van der Waals surface area contributed by atoms with Crippen LogP contribution in [-0.2, 0) is 0 Å². The summed E-state index contributed by atoms with van der Waals surface area (Å²) >= 11 is 0. The Morgan fingerprint density at radius 2 is 1.28 bits per heavy atom. The van der Waals surface area contributed by atoms with Gasteiger partial charge in [0.15, 0.2) is 0 Å². The van der Waals surface area contributed by atoms with Gasteiger partial charge in [0.2, 0.25) is 0 Å². The molecule has 1 nitrogen and oxygen atoms in total. The quantitative estimate of drug-likeness (QED) is 0.469. The van der Waals surface area contributed by atoms with E-state index in [4.69, 9.17) is 0 Å². The average Bonchev–Trinajstić information content (AvgIpc) is 2.75. The maximum absolute atomic E-state index is 4.51. The van der Waals surface area contributed by atoms with Crippen molar-refractivity contribution in [3.63, 3.8) is 0 Å². The Bertz CT molecular complexity index is 1120. The first-order valence-electron chi connectivity index (χ1n) is 9.96. The van der Waals surface area contributed by atoms with Crippen LogP contribution < -0.4 is 0 Å². The summed E-state index contributed by atoms with van der Waals surface area (Å²) in [7, 11) is 1.85. The Morgan fingerprint density at radius 1 is 0.655 bits per heavy atom. The molecule has 1 heteroatoms. The highest BCUT2D eigenvalue weighted by molar-refractivity contribution is 6.17. The highest BCUT2D eigenvalue weighted by Gasteiger charge is 2.15. The van der Waals surface area contributed by atoms with Crippen LogP contribution in [0.15, 0.2) is 108 Å². The Balaban J connectivity index is 1.84. The van der Waals surface area contributed by atoms with Gasteiger partial charge in [-0.1, -0.05) is 102 Å². The molecular weight excluding hydrogens is 350 g/mol. The zero-order chi connectivity index (χ0) is 20.2. The first-order valence-corrected chi connectivity index (χ1v) is 9.96. The van der Waals surface area contributed by atoms with Gasteiger partial charge in [-0.15, -0.1) is 0 Å². The lowest BCUT2D eigenvalue weighted by molar-refractivity contribution is 1.38. The van der Waals surface area contributed by atoms with Crippen molar-refractivity contribution in [1.82, 2.24) is 0 Å². The number of aryl methyl sites for hydroxylation is 2. The van der Waals surface area contributed by atoms with Gasteiger partial charge in [-0.05, 0) is 47.8 Å². The van der Waals surface area contributed by atoms with Crippen molar-refractivity contribution < 1.29 is 0 Å². The molecule has 0 atom stereocenters. The first kappa shape index (κ1) is 18.9. The summed E-state index contributed by atoms with van der Waals surface area (Å²) < 4.78 is 0. The van der Waals surface area contributed by atoms with E-state index in [1.165, 1.54) is 39.0 Å². The van der Waals surface area contributed by atoms with Crippen LogP contribution in [0.3, 0.4) is 0 Å². The van der Waals surface area contributed by atoms with Crippen molar-refractivity contribution in [2.75, 3.05) is 7.05 Å². The summed E-state index contributed by atoms with van der Waals surface area (Å²) in [6.07, 6.45) is 8.35. The van der Waals surface area contributed by atoms with Crippen LogP contribution in [0.25, 0.3) is 16.7 Å². The standard InChI is InChI=1S/C28H25N/c1-20-17-21(2)19-25(18-20)22-13-15-24(16-14-22)28(23-9-5-4-6-10-23)26-11-7-8-12-27(26)29-3/h4-19H,1-3H3/b28-26-,29-27?. The van der Waals surface area contributed by atoms with Gasteiger partial charge in [-0.3, -0.25) is 4.99 Å². The molecule has 29 heavy (non-hydrogen) atoms. The maximum Gasteiger partial charge on any atom is 0.0649 e. The minimum Gasteiger partial charge on any atom is -0.288 e. The van der Waals surface area contributed by atoms with Gasteiger partial charge >= 0.3 is 0 Å². The van der Waals surface area contributed by atoms with Gasteiger partial charge in [-0.2, -0.15) is 0 Å². The number of rotatable bonds is 3. The third kappa shape index (κ3) is 4.05. The van der Waals surface area contributed by atoms with Gasteiger partial charge in [0.05, 0.1) is 5.71 Å². The van der Waals surface area contributed by atoms with Gasteiger partial charge in [-0.25, -0.2) is 0 Å². The monoisotopic (exact) mass is 375 g/mol. The second-order valence-corrected chi connectivity index (χ2v) is 7.44. The molecule has 0 heterocycles. The second-order valence-electron chi connectivity index (χ2n) is 7.44. The lowest BCUT2D eigenvalue weighted by Crippen LogP contribution is -2.05. The van der Waals surface area contributed by atoms with Gasteiger partial charge in [0, 0.05) is 12.6 Å². The number of hydrogen-bond acceptors (Lipinski definition) is 1. The molecule has 0 unspecified atom stereocenters. The third-order valence-corrected chi connectivity index (χ3v) is 5.21. The van der Waals surface area contributed by atoms with Crippen LogP contribution in [-0.4, -0.2) is 12.8 Å². The Morgan fingerprint density at radius 3 is 1.93 bits per heavy atom. The smallest absolute Gasteiger partial charge is 0.0649 e. The van der Waals surface area contributed by atoms with Gasteiger partial charge < -0.3 is 0 Å². The van der Waals surface area contributed by atoms with Crippen LogP contribution in [0.5, 0.6) is 0 Å². The van der Waals surface area contributed by atoms with Crippen LogP contribution in [0.1, 0.15) is 22.3 Å². The molecule has 3 aromatic carbocycles. The fraction of sp³-hybridized carbons (Fsp3) is 0.107. The third-order valence-electron chi connectivity index (χ3n) is 5.21. The Hall–Kier alpha value is -3.45. The molecule has 0 amide bonds. The van der Waals surface area contributed by atoms with E-state index >= 15 is 0 Å². The molecule has 1 aliphatic rings. The second kappa shape index (κ2) is 8.28. The maximum atomic E-state index is 4.51. The zero-order valence-electron chi connectivity index (χ0n) is 17.2. The summed E-state index contributed by atoms with van der Waals surface area (Å²) in [5.74, 6) is 0. The fourth-order valence-electron chi connectivity index (χ4n) is 3.93. The largest absolute Gasteiger partial charge is 0.288 e. The summed E-state index contributed by atoms with van der Waals surface area (Å²) in [4.78, 5) is 4.51. The van der Waals surface area contributed by atoms with Crippen molar-refractivity contribution in [1.29, 1.82) is 0 Å². The fourth-order valence-corrected chi connectivity index (χ4v) is 3.93. The average molecular weight is 376 g/mol. The van der Waals surface area contributed by atoms with Gasteiger partial charge in [0.1, 0.15) is 0 Å². The van der Waals surface area contributed by atoms with Crippen molar-refractivity contribution in [2.45, 2.75) is 13.8 Å². The number of nitrogens with zero attached hydrogens (tertiary/aromatic N) is 1. The topological polar surface area (TPSA) is 12.4 Å². The summed E-state index contributed by atoms with van der Waals surface area (Å²) in [6.45, 7) is 4.30. The van der Waals surface area contributed by atoms with Crippen LogP contribution in [0.4, 0.5) is 0 Å². The molecule has 0 bridgehead atoms. The minimum absolute atomic E-state index is 1.00. The predicted molar refractivity (Wildman–Crippen MR) is 125 cm³/mol. The minimum atomic E-state index is 1.00. The molecule has 0 aliphatic heterocycles. The molecule has 0 saturated heterocycles. The normalized spacial score (nSPS) is 16.3. The first-order chi connectivity index (χ1) is 14.2. The molecule has 3 aromatic rings. The number of benzene rings is 3. The molecule has 0 N–H and O–H groups in total. The zero-order valence-corrected chi connectivity index (χ0v) is 17.2. The summed E-state index contributed by atoms with van der Waals surface area (Å²) in [5, 5.41) is 0. The van der Waals surface area contributed by atoms with E-state index in [-0.39, 0.29) is 0 Å². The molecule has 0 aromatic heterocycles. The van der Waals surface area contributed by atoms with Crippen LogP contribution >= 0.6 is 0 Å². The highest BCUT2D eigenvalue weighted by atomic mass is 14.7. The summed E-state index contributed by atoms with van der Waals surface area (Å²) in [6, 6.07) is 26.2. The van der Waals surface area contributed by atoms with Crippen molar-refractivity contribution in [3.05, 3.63) is 125 Å². The van der Waals surface area contributed by atoms with Crippen molar-refractivity contribution in [2.24, 2.45) is 4.99 Å². The van der Waals surface area contributed by atoms with E-state index in [9.17, 15) is 0 Å². The van der Waals surface area contributed by atoms with E-state index in [2.05, 4.69) is 110 Å². The Labute approximate surface area is 173 Å². The number of allylic oxidation sites excluding steroid dienone is 5. The van der Waals surface area contributed by atoms with E-state index in [1.54, 1.807) is 0 Å².